The third-order valence-electron chi connectivity index (χ3n) is 6.51. The predicted molar refractivity (Wildman–Crippen MR) is 158 cm³/mol. The van der Waals surface area contributed by atoms with Crippen LogP contribution < -0.4 is 21.6 Å². The molecule has 0 saturated heterocycles. The highest BCUT2D eigenvalue weighted by Crippen LogP contribution is 2.22. The van der Waals surface area contributed by atoms with Gasteiger partial charge in [-0.15, -0.1) is 0 Å². The fourth-order valence-corrected chi connectivity index (χ4v) is 4.35. The van der Waals surface area contributed by atoms with Crippen molar-refractivity contribution in [3.8, 4) is 0 Å². The number of alkyl halides is 3. The Kier molecular flexibility index (Phi) is 11.4. The number of methoxy groups -OCH3 is 1. The van der Waals surface area contributed by atoms with Gasteiger partial charge in [0.2, 0.25) is 0 Å². The number of amides is 1. The van der Waals surface area contributed by atoms with E-state index in [-0.39, 0.29) is 11.7 Å². The van der Waals surface area contributed by atoms with Crippen molar-refractivity contribution >= 4 is 40.5 Å². The molecule has 4 rings (SSSR count). The van der Waals surface area contributed by atoms with Crippen molar-refractivity contribution in [2.75, 3.05) is 7.11 Å². The summed E-state index contributed by atoms with van der Waals surface area (Å²) in [6.45, 7) is 0. The number of amidine groups is 1. The fourth-order valence-electron chi connectivity index (χ4n) is 4.35. The van der Waals surface area contributed by atoms with Gasteiger partial charge in [0, 0.05) is 5.56 Å². The van der Waals surface area contributed by atoms with Crippen LogP contribution in [0.1, 0.15) is 27.0 Å². The summed E-state index contributed by atoms with van der Waals surface area (Å²) in [7, 11) is 1.35. The maximum absolute atomic E-state index is 13.6. The number of rotatable bonds is 9. The molecule has 0 fully saturated rings. The minimum atomic E-state index is -5.19. The van der Waals surface area contributed by atoms with E-state index in [0.717, 1.165) is 21.9 Å². The third kappa shape index (κ3) is 9.28. The van der Waals surface area contributed by atoms with Gasteiger partial charge in [-0.1, -0.05) is 91.0 Å². The van der Waals surface area contributed by atoms with E-state index >= 15 is 0 Å². The van der Waals surface area contributed by atoms with E-state index in [2.05, 4.69) is 5.32 Å². The minimum absolute atomic E-state index is 0.196. The van der Waals surface area contributed by atoms with Gasteiger partial charge in [0.15, 0.2) is 0 Å². The van der Waals surface area contributed by atoms with Gasteiger partial charge in [-0.2, -0.15) is 13.2 Å². The molecule has 2 atom stereocenters. The van der Waals surface area contributed by atoms with Crippen LogP contribution >= 0.6 is 0 Å². The van der Waals surface area contributed by atoms with Crippen molar-refractivity contribution in [1.29, 1.82) is 0 Å². The number of carboxylic acid groups (broad SMARTS) is 1. The monoisotopic (exact) mass is 605 g/mol. The Hall–Kier alpha value is -5.45. The zero-order chi connectivity index (χ0) is 32.3. The van der Waals surface area contributed by atoms with Crippen LogP contribution in [0.3, 0.4) is 0 Å². The SMILES string of the molecule is COC(=O)[C@H](Cc1cccc(C(N)=[NH2+])c1)[C@@H](/C=C/c1ccccc1)NC(=O)c1cccc2ccccc12.O=C([O-])C(F)(F)F. The molecule has 0 radical (unpaired) electrons. The largest absolute Gasteiger partial charge is 0.542 e. The molecule has 0 aromatic heterocycles. The van der Waals surface area contributed by atoms with Gasteiger partial charge >= 0.3 is 12.1 Å². The summed E-state index contributed by atoms with van der Waals surface area (Å²) in [5.74, 6) is -4.22. The molecule has 8 nitrogen and oxygen atoms in total. The van der Waals surface area contributed by atoms with Crippen molar-refractivity contribution in [1.82, 2.24) is 5.32 Å². The molecule has 228 valence electrons. The number of carboxylic acids is 1. The number of hydrogen-bond donors (Lipinski definition) is 3. The Morgan fingerprint density at radius 1 is 0.955 bits per heavy atom. The average Bonchev–Trinajstić information content (AvgIpc) is 3.01. The van der Waals surface area contributed by atoms with Crippen LogP contribution in [-0.2, 0) is 20.7 Å². The lowest BCUT2D eigenvalue weighted by Crippen LogP contribution is -2.46. The summed E-state index contributed by atoms with van der Waals surface area (Å²) in [6.07, 6.45) is -1.15. The van der Waals surface area contributed by atoms with Crippen molar-refractivity contribution in [3.05, 3.63) is 125 Å². The van der Waals surface area contributed by atoms with Crippen LogP contribution in [-0.4, -0.2) is 43.0 Å². The lowest BCUT2D eigenvalue weighted by Gasteiger charge is -2.24. The molecule has 5 N–H and O–H groups in total. The second-order valence-electron chi connectivity index (χ2n) is 9.57. The van der Waals surface area contributed by atoms with Crippen molar-refractivity contribution in [2.45, 2.75) is 18.6 Å². The standard InChI is InChI=1S/C31H29N3O3.C2HF3O2/c1-37-31(36)27(20-22-11-7-14-24(19-22)29(32)33)28(18-17-21-9-3-2-4-10-21)34-30(35)26-16-8-13-23-12-5-6-15-25(23)26;3-2(4,5)1(6)7/h2-19,27-28H,20H2,1H3,(H3,32,33)(H,34,35);(H,6,7)/b18-17+;/t27-,28-;/m1./s1. The van der Waals surface area contributed by atoms with Crippen molar-refractivity contribution in [3.63, 3.8) is 0 Å². The number of aliphatic carboxylic acids is 1. The molecule has 0 heterocycles. The zero-order valence-corrected chi connectivity index (χ0v) is 23.6. The van der Waals surface area contributed by atoms with Gasteiger partial charge in [0.05, 0.1) is 24.6 Å². The van der Waals surface area contributed by atoms with Crippen molar-refractivity contribution < 1.29 is 42.8 Å². The molecule has 0 bridgehead atoms. The number of carbonyl (C=O) groups is 3. The third-order valence-corrected chi connectivity index (χ3v) is 6.51. The van der Waals surface area contributed by atoms with Crippen LogP contribution in [0.5, 0.6) is 0 Å². The number of halogens is 3. The van der Waals surface area contributed by atoms with E-state index in [1.807, 2.05) is 97.1 Å². The summed E-state index contributed by atoms with van der Waals surface area (Å²) in [4.78, 5) is 35.4. The van der Waals surface area contributed by atoms with Crippen molar-refractivity contribution in [2.24, 2.45) is 11.7 Å². The summed E-state index contributed by atoms with van der Waals surface area (Å²) in [6, 6.07) is 29.7. The zero-order valence-electron chi connectivity index (χ0n) is 23.6. The highest BCUT2D eigenvalue weighted by atomic mass is 19.4. The Bertz CT molecular complexity index is 1650. The molecular weight excluding hydrogens is 575 g/mol. The normalized spacial score (nSPS) is 12.5. The lowest BCUT2D eigenvalue weighted by molar-refractivity contribution is -0.344. The summed E-state index contributed by atoms with van der Waals surface area (Å²) >= 11 is 0. The molecule has 4 aromatic rings. The number of nitrogens with two attached hydrogens (primary N) is 2. The van der Waals surface area contributed by atoms with Gasteiger partial charge in [0.25, 0.3) is 11.7 Å². The molecule has 0 aliphatic heterocycles. The van der Waals surface area contributed by atoms with Crippen LogP contribution in [0.15, 0.2) is 103 Å². The van der Waals surface area contributed by atoms with E-state index in [0.29, 0.717) is 17.5 Å². The van der Waals surface area contributed by atoms with Gasteiger partial charge < -0.3 is 20.0 Å². The first-order chi connectivity index (χ1) is 20.9. The topological polar surface area (TPSA) is 147 Å². The van der Waals surface area contributed by atoms with Gasteiger partial charge in [-0.3, -0.25) is 20.7 Å². The number of esters is 1. The number of fused-ring (bicyclic) bond motifs is 1. The van der Waals surface area contributed by atoms with E-state index < -0.39 is 30.1 Å². The molecule has 4 aromatic carbocycles. The van der Waals surface area contributed by atoms with Gasteiger partial charge in [-0.05, 0) is 46.5 Å². The maximum Gasteiger partial charge on any atom is 0.430 e. The van der Waals surface area contributed by atoms with E-state index in [1.54, 1.807) is 12.1 Å². The predicted octanol–water partition coefficient (Wildman–Crippen LogP) is 2.45. The Labute approximate surface area is 251 Å². The number of nitrogens with one attached hydrogen (secondary N) is 1. The quantitative estimate of drug-likeness (QED) is 0.152. The summed E-state index contributed by atoms with van der Waals surface area (Å²) < 4.78 is 36.7. The van der Waals surface area contributed by atoms with E-state index in [1.165, 1.54) is 7.11 Å². The molecule has 0 aliphatic carbocycles. The van der Waals surface area contributed by atoms with Crippen LogP contribution in [0, 0.1) is 5.92 Å². The van der Waals surface area contributed by atoms with E-state index in [9.17, 15) is 22.8 Å². The van der Waals surface area contributed by atoms with Crippen LogP contribution in [0.2, 0.25) is 0 Å². The summed E-state index contributed by atoms with van der Waals surface area (Å²) in [5.41, 5.74) is 8.79. The number of hydrogen-bond acceptors (Lipinski definition) is 5. The molecule has 0 spiro atoms. The Balaban J connectivity index is 0.000000676. The average molecular weight is 606 g/mol. The Morgan fingerprint density at radius 3 is 2.20 bits per heavy atom. The van der Waals surface area contributed by atoms with Gasteiger partial charge in [0.1, 0.15) is 5.97 Å². The molecule has 0 unspecified atom stereocenters. The molecule has 44 heavy (non-hydrogen) atoms. The fraction of sp³-hybridized carbons (Fsp3) is 0.152. The lowest BCUT2D eigenvalue weighted by atomic mass is 9.90. The molecule has 0 saturated carbocycles. The highest BCUT2D eigenvalue weighted by molar-refractivity contribution is 6.07. The number of ether oxygens (including phenoxy) is 1. The van der Waals surface area contributed by atoms with E-state index in [4.69, 9.17) is 25.8 Å². The summed E-state index contributed by atoms with van der Waals surface area (Å²) in [5, 5.41) is 19.5. The first-order valence-corrected chi connectivity index (χ1v) is 13.3. The second kappa shape index (κ2) is 15.1. The Morgan fingerprint density at radius 2 is 1.57 bits per heavy atom. The molecule has 1 amide bonds. The molecule has 0 aliphatic rings. The van der Waals surface area contributed by atoms with Gasteiger partial charge in [-0.25, -0.2) is 0 Å². The first-order valence-electron chi connectivity index (χ1n) is 13.3. The van der Waals surface area contributed by atoms with Crippen LogP contribution in [0.4, 0.5) is 13.2 Å². The molecule has 11 heteroatoms. The number of carbonyl (C=O) groups excluding carboxylic acids is 3. The first kappa shape index (κ1) is 33.1. The minimum Gasteiger partial charge on any atom is -0.542 e. The number of benzene rings is 4. The maximum atomic E-state index is 13.6. The molecular formula is C33H30F3N3O5. The second-order valence-corrected chi connectivity index (χ2v) is 9.57. The smallest absolute Gasteiger partial charge is 0.430 e. The highest BCUT2D eigenvalue weighted by Gasteiger charge is 2.30. The van der Waals surface area contributed by atoms with Crippen LogP contribution in [0.25, 0.3) is 16.8 Å².